The van der Waals surface area contributed by atoms with Crippen LogP contribution in [0, 0.1) is 13.8 Å². The third-order valence-electron chi connectivity index (χ3n) is 5.87. The number of carbonyl (C=O) groups is 1. The second kappa shape index (κ2) is 9.48. The SMILES string of the molecule is Cc1nc(-c2ccc(Cl)cc2)nc(N2CCN(C(=O)CCc3ccccc3)CC2)c1C. The number of amides is 1. The molecule has 31 heavy (non-hydrogen) atoms. The number of benzene rings is 2. The Kier molecular flexibility index (Phi) is 6.52. The molecule has 5 nitrogen and oxygen atoms in total. The molecule has 4 rings (SSSR count). The van der Waals surface area contributed by atoms with Crippen molar-refractivity contribution in [3.8, 4) is 11.4 Å². The summed E-state index contributed by atoms with van der Waals surface area (Å²) in [6.45, 7) is 7.05. The first-order chi connectivity index (χ1) is 15.0. The van der Waals surface area contributed by atoms with Crippen LogP contribution < -0.4 is 4.90 Å². The standard InChI is InChI=1S/C25H27ClN4O/c1-18-19(2)27-24(21-9-11-22(26)12-10-21)28-25(18)30-16-14-29(15-17-30)23(31)13-8-20-6-4-3-5-7-20/h3-7,9-12H,8,13-17H2,1-2H3. The Morgan fingerprint density at radius 3 is 2.29 bits per heavy atom. The molecule has 0 bridgehead atoms. The number of rotatable bonds is 5. The van der Waals surface area contributed by atoms with Gasteiger partial charge in [-0.1, -0.05) is 41.9 Å². The molecule has 1 fully saturated rings. The van der Waals surface area contributed by atoms with Gasteiger partial charge in [-0.15, -0.1) is 0 Å². The second-order valence-electron chi connectivity index (χ2n) is 7.94. The maximum Gasteiger partial charge on any atom is 0.223 e. The van der Waals surface area contributed by atoms with Gasteiger partial charge in [0.15, 0.2) is 5.82 Å². The predicted octanol–water partition coefficient (Wildman–Crippen LogP) is 4.70. The summed E-state index contributed by atoms with van der Waals surface area (Å²) in [5.41, 5.74) is 4.21. The van der Waals surface area contributed by atoms with Crippen LogP contribution >= 0.6 is 11.6 Å². The van der Waals surface area contributed by atoms with Crippen molar-refractivity contribution in [2.75, 3.05) is 31.1 Å². The first-order valence-electron chi connectivity index (χ1n) is 10.7. The summed E-state index contributed by atoms with van der Waals surface area (Å²) in [7, 11) is 0. The van der Waals surface area contributed by atoms with Gasteiger partial charge in [0, 0.05) is 54.4 Å². The lowest BCUT2D eigenvalue weighted by Crippen LogP contribution is -2.49. The van der Waals surface area contributed by atoms with Crippen LogP contribution in [0.3, 0.4) is 0 Å². The number of halogens is 1. The molecule has 1 aromatic heterocycles. The van der Waals surface area contributed by atoms with Crippen LogP contribution in [0.1, 0.15) is 23.2 Å². The van der Waals surface area contributed by atoms with Crippen molar-refractivity contribution in [3.05, 3.63) is 76.4 Å². The van der Waals surface area contributed by atoms with Crippen LogP contribution in [0.4, 0.5) is 5.82 Å². The smallest absolute Gasteiger partial charge is 0.223 e. The Hall–Kier alpha value is -2.92. The van der Waals surface area contributed by atoms with Gasteiger partial charge in [0.2, 0.25) is 5.91 Å². The summed E-state index contributed by atoms with van der Waals surface area (Å²) in [6.07, 6.45) is 1.34. The first kappa shape index (κ1) is 21.3. The van der Waals surface area contributed by atoms with Crippen molar-refractivity contribution in [2.45, 2.75) is 26.7 Å². The van der Waals surface area contributed by atoms with Crippen molar-refractivity contribution >= 4 is 23.3 Å². The molecule has 0 atom stereocenters. The third kappa shape index (κ3) is 5.05. The molecule has 2 aromatic carbocycles. The van der Waals surface area contributed by atoms with E-state index in [-0.39, 0.29) is 5.91 Å². The van der Waals surface area contributed by atoms with Gasteiger partial charge in [0.1, 0.15) is 5.82 Å². The third-order valence-corrected chi connectivity index (χ3v) is 6.12. The number of aryl methyl sites for hydroxylation is 2. The van der Waals surface area contributed by atoms with Crippen molar-refractivity contribution < 1.29 is 4.79 Å². The normalized spacial score (nSPS) is 14.0. The zero-order valence-electron chi connectivity index (χ0n) is 18.0. The van der Waals surface area contributed by atoms with E-state index < -0.39 is 0 Å². The summed E-state index contributed by atoms with van der Waals surface area (Å²) in [6, 6.07) is 17.8. The minimum atomic E-state index is 0.223. The van der Waals surface area contributed by atoms with Crippen LogP contribution in [0.5, 0.6) is 0 Å². The molecule has 1 aliphatic heterocycles. The van der Waals surface area contributed by atoms with Gasteiger partial charge in [-0.25, -0.2) is 9.97 Å². The molecule has 1 amide bonds. The number of carbonyl (C=O) groups excluding carboxylic acids is 1. The molecule has 0 unspecified atom stereocenters. The largest absolute Gasteiger partial charge is 0.353 e. The summed E-state index contributed by atoms with van der Waals surface area (Å²) in [5.74, 6) is 1.88. The number of hydrogen-bond acceptors (Lipinski definition) is 4. The van der Waals surface area contributed by atoms with Crippen molar-refractivity contribution in [2.24, 2.45) is 0 Å². The van der Waals surface area contributed by atoms with Crippen molar-refractivity contribution in [1.29, 1.82) is 0 Å². The zero-order chi connectivity index (χ0) is 21.8. The molecule has 6 heteroatoms. The summed E-state index contributed by atoms with van der Waals surface area (Å²) in [5, 5.41) is 0.695. The van der Waals surface area contributed by atoms with Gasteiger partial charge in [-0.05, 0) is 50.1 Å². The predicted molar refractivity (Wildman–Crippen MR) is 126 cm³/mol. The van der Waals surface area contributed by atoms with Crippen LogP contribution in [0.25, 0.3) is 11.4 Å². The molecule has 0 radical (unpaired) electrons. The lowest BCUT2D eigenvalue weighted by atomic mass is 10.1. The van der Waals surface area contributed by atoms with Gasteiger partial charge < -0.3 is 9.80 Å². The van der Waals surface area contributed by atoms with Gasteiger partial charge in [0.25, 0.3) is 0 Å². The van der Waals surface area contributed by atoms with E-state index in [2.05, 4.69) is 28.9 Å². The van der Waals surface area contributed by atoms with Crippen molar-refractivity contribution in [1.82, 2.24) is 14.9 Å². The monoisotopic (exact) mass is 434 g/mol. The van der Waals surface area contributed by atoms with E-state index in [0.717, 1.165) is 42.1 Å². The van der Waals surface area contributed by atoms with Crippen LogP contribution in [-0.4, -0.2) is 47.0 Å². The van der Waals surface area contributed by atoms with Gasteiger partial charge in [-0.3, -0.25) is 4.79 Å². The van der Waals surface area contributed by atoms with E-state index >= 15 is 0 Å². The zero-order valence-corrected chi connectivity index (χ0v) is 18.8. The number of nitrogens with zero attached hydrogens (tertiary/aromatic N) is 4. The minimum Gasteiger partial charge on any atom is -0.353 e. The molecule has 2 heterocycles. The molecule has 1 aliphatic rings. The lowest BCUT2D eigenvalue weighted by Gasteiger charge is -2.36. The average molecular weight is 435 g/mol. The maximum atomic E-state index is 12.7. The fourth-order valence-corrected chi connectivity index (χ4v) is 4.00. The molecule has 0 spiro atoms. The molecule has 0 aliphatic carbocycles. The maximum absolute atomic E-state index is 12.7. The number of piperazine rings is 1. The van der Waals surface area contributed by atoms with Gasteiger partial charge in [-0.2, -0.15) is 0 Å². The highest BCUT2D eigenvalue weighted by Gasteiger charge is 2.24. The molecule has 3 aromatic rings. The van der Waals surface area contributed by atoms with E-state index in [0.29, 0.717) is 30.4 Å². The summed E-state index contributed by atoms with van der Waals surface area (Å²) in [4.78, 5) is 26.5. The molecule has 160 valence electrons. The van der Waals surface area contributed by atoms with Gasteiger partial charge >= 0.3 is 0 Å². The Balaban J connectivity index is 1.42. The highest BCUT2D eigenvalue weighted by molar-refractivity contribution is 6.30. The summed E-state index contributed by atoms with van der Waals surface area (Å²) < 4.78 is 0. The van der Waals surface area contributed by atoms with Crippen LogP contribution in [0.2, 0.25) is 5.02 Å². The topological polar surface area (TPSA) is 49.3 Å². The molecule has 0 N–H and O–H groups in total. The highest BCUT2D eigenvalue weighted by Crippen LogP contribution is 2.26. The lowest BCUT2D eigenvalue weighted by molar-refractivity contribution is -0.131. The van der Waals surface area contributed by atoms with Crippen molar-refractivity contribution in [3.63, 3.8) is 0 Å². The van der Waals surface area contributed by atoms with E-state index in [1.165, 1.54) is 5.56 Å². The molecule has 0 saturated carbocycles. The fourth-order valence-electron chi connectivity index (χ4n) is 3.87. The van der Waals surface area contributed by atoms with E-state index in [4.69, 9.17) is 16.6 Å². The fraction of sp³-hybridized carbons (Fsp3) is 0.320. The Morgan fingerprint density at radius 2 is 1.61 bits per heavy atom. The molecular formula is C25H27ClN4O. The number of hydrogen-bond donors (Lipinski definition) is 0. The summed E-state index contributed by atoms with van der Waals surface area (Å²) >= 11 is 6.02. The second-order valence-corrected chi connectivity index (χ2v) is 8.38. The highest BCUT2D eigenvalue weighted by atomic mass is 35.5. The average Bonchev–Trinajstić information content (AvgIpc) is 2.80. The number of aromatic nitrogens is 2. The Morgan fingerprint density at radius 1 is 0.935 bits per heavy atom. The quantitative estimate of drug-likeness (QED) is 0.584. The Bertz CT molecular complexity index is 1050. The van der Waals surface area contributed by atoms with Crippen LogP contribution in [0.15, 0.2) is 54.6 Å². The van der Waals surface area contributed by atoms with Gasteiger partial charge in [0.05, 0.1) is 0 Å². The number of anilines is 1. The first-order valence-corrected chi connectivity index (χ1v) is 11.1. The molecular weight excluding hydrogens is 408 g/mol. The van der Waals surface area contributed by atoms with E-state index in [1.807, 2.05) is 54.3 Å². The van der Waals surface area contributed by atoms with E-state index in [1.54, 1.807) is 0 Å². The van der Waals surface area contributed by atoms with Crippen LogP contribution in [-0.2, 0) is 11.2 Å². The minimum absolute atomic E-state index is 0.223. The van der Waals surface area contributed by atoms with E-state index in [9.17, 15) is 4.79 Å². The Labute approximate surface area is 188 Å². The molecule has 1 saturated heterocycles.